The Bertz CT molecular complexity index is 727. The van der Waals surface area contributed by atoms with Crippen LogP contribution in [0.4, 0.5) is 0 Å². The smallest absolute Gasteiger partial charge is 0.0964 e. The standard InChI is InChI=1S/C17H16N2/c1-2-8-14-13(6-1)7-5-11-16(14)19-12-18-15-9-3-4-10-17(15)19/h1-4,6,8-10,12,16H,5,7,11H2. The molecule has 0 saturated carbocycles. The van der Waals surface area contributed by atoms with Gasteiger partial charge in [0.1, 0.15) is 0 Å². The van der Waals surface area contributed by atoms with Crippen LogP contribution in [0.2, 0.25) is 0 Å². The van der Waals surface area contributed by atoms with Gasteiger partial charge in [-0.15, -0.1) is 0 Å². The van der Waals surface area contributed by atoms with Crippen molar-refractivity contribution in [3.8, 4) is 0 Å². The molecule has 0 fully saturated rings. The fourth-order valence-corrected chi connectivity index (χ4v) is 3.24. The minimum Gasteiger partial charge on any atom is -0.323 e. The van der Waals surface area contributed by atoms with Crippen molar-refractivity contribution in [2.24, 2.45) is 0 Å². The quantitative estimate of drug-likeness (QED) is 0.637. The van der Waals surface area contributed by atoms with E-state index >= 15 is 0 Å². The molecule has 3 aromatic rings. The van der Waals surface area contributed by atoms with Crippen LogP contribution in [0.3, 0.4) is 0 Å². The Morgan fingerprint density at radius 3 is 2.84 bits per heavy atom. The number of hydrogen-bond acceptors (Lipinski definition) is 1. The summed E-state index contributed by atoms with van der Waals surface area (Å²) in [6.45, 7) is 0. The van der Waals surface area contributed by atoms with E-state index in [1.165, 1.54) is 35.9 Å². The zero-order valence-electron chi connectivity index (χ0n) is 10.8. The minimum atomic E-state index is 0.442. The number of nitrogens with zero attached hydrogens (tertiary/aromatic N) is 2. The second kappa shape index (κ2) is 4.23. The summed E-state index contributed by atoms with van der Waals surface area (Å²) in [5.41, 5.74) is 5.29. The van der Waals surface area contributed by atoms with Gasteiger partial charge in [0.05, 0.1) is 23.4 Å². The highest BCUT2D eigenvalue weighted by molar-refractivity contribution is 5.75. The van der Waals surface area contributed by atoms with Gasteiger partial charge >= 0.3 is 0 Å². The molecule has 0 amide bonds. The first-order valence-electron chi connectivity index (χ1n) is 6.93. The molecular formula is C17H16N2. The molecule has 19 heavy (non-hydrogen) atoms. The summed E-state index contributed by atoms with van der Waals surface area (Å²) < 4.78 is 2.34. The van der Waals surface area contributed by atoms with Crippen LogP contribution in [0.1, 0.15) is 30.0 Å². The second-order valence-electron chi connectivity index (χ2n) is 5.25. The molecule has 1 atom stereocenters. The van der Waals surface area contributed by atoms with E-state index in [4.69, 9.17) is 0 Å². The Kier molecular flexibility index (Phi) is 2.41. The molecule has 1 aliphatic rings. The maximum Gasteiger partial charge on any atom is 0.0964 e. The largest absolute Gasteiger partial charge is 0.323 e. The van der Waals surface area contributed by atoms with Crippen LogP contribution in [0.15, 0.2) is 54.9 Å². The topological polar surface area (TPSA) is 17.8 Å². The lowest BCUT2D eigenvalue weighted by molar-refractivity contribution is 0.499. The van der Waals surface area contributed by atoms with E-state index in [-0.39, 0.29) is 0 Å². The number of imidazole rings is 1. The monoisotopic (exact) mass is 248 g/mol. The van der Waals surface area contributed by atoms with Crippen molar-refractivity contribution < 1.29 is 0 Å². The van der Waals surface area contributed by atoms with E-state index in [1.807, 2.05) is 6.33 Å². The summed E-state index contributed by atoms with van der Waals surface area (Å²) in [6, 6.07) is 17.7. The third kappa shape index (κ3) is 1.67. The Morgan fingerprint density at radius 1 is 1.00 bits per heavy atom. The molecule has 0 bridgehead atoms. The van der Waals surface area contributed by atoms with E-state index in [0.717, 1.165) is 5.52 Å². The Hall–Kier alpha value is -2.09. The van der Waals surface area contributed by atoms with Gasteiger partial charge in [-0.05, 0) is 42.5 Å². The number of aryl methyl sites for hydroxylation is 1. The maximum atomic E-state index is 4.53. The van der Waals surface area contributed by atoms with Crippen molar-refractivity contribution in [2.75, 3.05) is 0 Å². The average molecular weight is 248 g/mol. The third-order valence-electron chi connectivity index (χ3n) is 4.15. The highest BCUT2D eigenvalue weighted by Crippen LogP contribution is 2.34. The summed E-state index contributed by atoms with van der Waals surface area (Å²) in [6.07, 6.45) is 5.67. The summed E-state index contributed by atoms with van der Waals surface area (Å²) in [5, 5.41) is 0. The van der Waals surface area contributed by atoms with E-state index in [1.54, 1.807) is 0 Å². The first-order chi connectivity index (χ1) is 9.43. The Balaban J connectivity index is 1.90. The molecule has 1 heterocycles. The number of benzene rings is 2. The van der Waals surface area contributed by atoms with Crippen molar-refractivity contribution in [3.63, 3.8) is 0 Å². The molecule has 0 spiro atoms. The Morgan fingerprint density at radius 2 is 1.84 bits per heavy atom. The van der Waals surface area contributed by atoms with Gasteiger partial charge in [0.2, 0.25) is 0 Å². The normalized spacial score (nSPS) is 18.4. The highest BCUT2D eigenvalue weighted by Gasteiger charge is 2.22. The SMILES string of the molecule is c1ccc2c(c1)CCCC2n1cnc2ccccc21. The molecule has 0 radical (unpaired) electrons. The number of aromatic nitrogens is 2. The van der Waals surface area contributed by atoms with Crippen LogP contribution in [0.5, 0.6) is 0 Å². The van der Waals surface area contributed by atoms with Crippen LogP contribution < -0.4 is 0 Å². The molecule has 4 rings (SSSR count). The number of hydrogen-bond donors (Lipinski definition) is 0. The molecule has 1 aliphatic carbocycles. The van der Waals surface area contributed by atoms with Crippen LogP contribution in [-0.2, 0) is 6.42 Å². The molecule has 1 unspecified atom stereocenters. The molecule has 2 heteroatoms. The Labute approximate surface area is 112 Å². The zero-order chi connectivity index (χ0) is 12.7. The molecule has 0 aliphatic heterocycles. The molecule has 2 aromatic carbocycles. The maximum absolute atomic E-state index is 4.53. The predicted octanol–water partition coefficient (Wildman–Crippen LogP) is 3.96. The average Bonchev–Trinajstić information content (AvgIpc) is 2.90. The molecule has 2 nitrogen and oxygen atoms in total. The van der Waals surface area contributed by atoms with Gasteiger partial charge < -0.3 is 4.57 Å². The van der Waals surface area contributed by atoms with E-state index in [9.17, 15) is 0 Å². The second-order valence-corrected chi connectivity index (χ2v) is 5.25. The van der Waals surface area contributed by atoms with Gasteiger partial charge in [-0.3, -0.25) is 0 Å². The summed E-state index contributed by atoms with van der Waals surface area (Å²) >= 11 is 0. The van der Waals surface area contributed by atoms with E-state index in [0.29, 0.717) is 6.04 Å². The summed E-state index contributed by atoms with van der Waals surface area (Å²) in [4.78, 5) is 4.53. The van der Waals surface area contributed by atoms with Crippen LogP contribution in [-0.4, -0.2) is 9.55 Å². The van der Waals surface area contributed by atoms with Crippen LogP contribution in [0, 0.1) is 0 Å². The van der Waals surface area contributed by atoms with Gasteiger partial charge in [-0.2, -0.15) is 0 Å². The van der Waals surface area contributed by atoms with Crippen LogP contribution in [0.25, 0.3) is 11.0 Å². The summed E-state index contributed by atoms with van der Waals surface area (Å²) in [5.74, 6) is 0. The van der Waals surface area contributed by atoms with E-state index < -0.39 is 0 Å². The number of para-hydroxylation sites is 2. The van der Waals surface area contributed by atoms with Gasteiger partial charge in [0.15, 0.2) is 0 Å². The molecular weight excluding hydrogens is 232 g/mol. The predicted molar refractivity (Wildman–Crippen MR) is 77.3 cm³/mol. The highest BCUT2D eigenvalue weighted by atomic mass is 15.1. The first kappa shape index (κ1) is 10.8. The van der Waals surface area contributed by atoms with Gasteiger partial charge in [-0.1, -0.05) is 36.4 Å². The van der Waals surface area contributed by atoms with Crippen molar-refractivity contribution >= 4 is 11.0 Å². The molecule has 0 saturated heterocycles. The van der Waals surface area contributed by atoms with Gasteiger partial charge in [0.25, 0.3) is 0 Å². The van der Waals surface area contributed by atoms with Crippen molar-refractivity contribution in [1.29, 1.82) is 0 Å². The van der Waals surface area contributed by atoms with Gasteiger partial charge in [0, 0.05) is 0 Å². The van der Waals surface area contributed by atoms with E-state index in [2.05, 4.69) is 58.1 Å². The number of rotatable bonds is 1. The van der Waals surface area contributed by atoms with Crippen molar-refractivity contribution in [2.45, 2.75) is 25.3 Å². The van der Waals surface area contributed by atoms with Crippen molar-refractivity contribution in [1.82, 2.24) is 9.55 Å². The lowest BCUT2D eigenvalue weighted by Gasteiger charge is -2.27. The minimum absolute atomic E-state index is 0.442. The zero-order valence-corrected chi connectivity index (χ0v) is 10.8. The lowest BCUT2D eigenvalue weighted by Crippen LogP contribution is -2.16. The number of fused-ring (bicyclic) bond motifs is 2. The first-order valence-corrected chi connectivity index (χ1v) is 6.93. The summed E-state index contributed by atoms with van der Waals surface area (Å²) in [7, 11) is 0. The fourth-order valence-electron chi connectivity index (χ4n) is 3.24. The lowest BCUT2D eigenvalue weighted by atomic mass is 9.87. The van der Waals surface area contributed by atoms with Crippen molar-refractivity contribution in [3.05, 3.63) is 66.0 Å². The third-order valence-corrected chi connectivity index (χ3v) is 4.15. The molecule has 94 valence electrons. The molecule has 0 N–H and O–H groups in total. The van der Waals surface area contributed by atoms with Gasteiger partial charge in [-0.25, -0.2) is 4.98 Å². The molecule has 1 aromatic heterocycles. The fraction of sp³-hybridized carbons (Fsp3) is 0.235. The van der Waals surface area contributed by atoms with Crippen LogP contribution >= 0.6 is 0 Å².